The SMILES string of the molecule is COCCCNC(=O)CN1CCN(C(=O)c2ccccc2-c2ncc(-c3ccccc3)o2)CC1. The molecule has 2 amide bonds. The molecule has 0 aliphatic carbocycles. The zero-order valence-corrected chi connectivity index (χ0v) is 19.4. The quantitative estimate of drug-likeness (QED) is 0.492. The molecular weight excluding hydrogens is 432 g/mol. The number of aromatic nitrogens is 1. The van der Waals surface area contributed by atoms with Gasteiger partial charge in [0.2, 0.25) is 11.8 Å². The molecule has 34 heavy (non-hydrogen) atoms. The van der Waals surface area contributed by atoms with Crippen molar-refractivity contribution in [1.29, 1.82) is 0 Å². The Morgan fingerprint density at radius 1 is 1.03 bits per heavy atom. The maximum Gasteiger partial charge on any atom is 0.254 e. The van der Waals surface area contributed by atoms with Gasteiger partial charge in [-0.15, -0.1) is 0 Å². The van der Waals surface area contributed by atoms with Gasteiger partial charge in [-0.1, -0.05) is 42.5 Å². The molecule has 0 radical (unpaired) electrons. The van der Waals surface area contributed by atoms with Crippen molar-refractivity contribution in [2.75, 3.05) is 53.0 Å². The van der Waals surface area contributed by atoms with Gasteiger partial charge in [-0.05, 0) is 18.6 Å². The van der Waals surface area contributed by atoms with Crippen molar-refractivity contribution in [2.45, 2.75) is 6.42 Å². The molecule has 2 aromatic carbocycles. The fraction of sp³-hybridized carbons (Fsp3) is 0.346. The number of nitrogens with one attached hydrogen (secondary N) is 1. The number of methoxy groups -OCH3 is 1. The third kappa shape index (κ3) is 5.89. The summed E-state index contributed by atoms with van der Waals surface area (Å²) in [4.78, 5) is 33.8. The highest BCUT2D eigenvalue weighted by atomic mass is 16.5. The normalized spacial score (nSPS) is 14.2. The topological polar surface area (TPSA) is 87.9 Å². The van der Waals surface area contributed by atoms with Crippen molar-refractivity contribution in [1.82, 2.24) is 20.1 Å². The summed E-state index contributed by atoms with van der Waals surface area (Å²) in [6.07, 6.45) is 2.48. The van der Waals surface area contributed by atoms with Crippen LogP contribution in [-0.2, 0) is 9.53 Å². The Morgan fingerprint density at radius 2 is 1.76 bits per heavy atom. The Balaban J connectivity index is 1.37. The van der Waals surface area contributed by atoms with Crippen LogP contribution in [0.15, 0.2) is 65.2 Å². The average molecular weight is 463 g/mol. The smallest absolute Gasteiger partial charge is 0.254 e. The largest absolute Gasteiger partial charge is 0.436 e. The van der Waals surface area contributed by atoms with Crippen molar-refractivity contribution < 1.29 is 18.7 Å². The highest BCUT2D eigenvalue weighted by Gasteiger charge is 2.26. The van der Waals surface area contributed by atoms with E-state index >= 15 is 0 Å². The van der Waals surface area contributed by atoms with E-state index in [0.29, 0.717) is 68.7 Å². The highest BCUT2D eigenvalue weighted by Crippen LogP contribution is 2.29. The van der Waals surface area contributed by atoms with Crippen LogP contribution in [0.5, 0.6) is 0 Å². The van der Waals surface area contributed by atoms with E-state index in [4.69, 9.17) is 9.15 Å². The molecular formula is C26H30N4O4. The molecule has 8 nitrogen and oxygen atoms in total. The van der Waals surface area contributed by atoms with Gasteiger partial charge in [-0.2, -0.15) is 0 Å². The van der Waals surface area contributed by atoms with Crippen LogP contribution in [0, 0.1) is 0 Å². The zero-order chi connectivity index (χ0) is 23.8. The van der Waals surface area contributed by atoms with Crippen LogP contribution in [0.2, 0.25) is 0 Å². The molecule has 8 heteroatoms. The minimum atomic E-state index is -0.0567. The average Bonchev–Trinajstić information content (AvgIpc) is 3.38. The first-order valence-electron chi connectivity index (χ1n) is 11.5. The standard InChI is InChI=1S/C26H30N4O4/c1-33-17-7-12-27-24(31)19-29-13-15-30(16-14-29)26(32)22-11-6-5-10-21(22)25-28-18-23(34-25)20-8-3-2-4-9-20/h2-6,8-11,18H,7,12-17,19H2,1H3,(H,27,31). The predicted molar refractivity (Wildman–Crippen MR) is 129 cm³/mol. The number of oxazole rings is 1. The van der Waals surface area contributed by atoms with Crippen LogP contribution < -0.4 is 5.32 Å². The van der Waals surface area contributed by atoms with E-state index in [1.165, 1.54) is 0 Å². The number of nitrogens with zero attached hydrogens (tertiary/aromatic N) is 3. The van der Waals surface area contributed by atoms with Crippen molar-refractivity contribution in [3.63, 3.8) is 0 Å². The lowest BCUT2D eigenvalue weighted by Crippen LogP contribution is -2.51. The second-order valence-electron chi connectivity index (χ2n) is 8.21. The van der Waals surface area contributed by atoms with Gasteiger partial charge in [0, 0.05) is 57.6 Å². The Kier molecular flexibility index (Phi) is 8.06. The van der Waals surface area contributed by atoms with Gasteiger partial charge in [-0.25, -0.2) is 4.98 Å². The molecule has 0 unspecified atom stereocenters. The van der Waals surface area contributed by atoms with Gasteiger partial charge in [0.05, 0.1) is 18.3 Å². The van der Waals surface area contributed by atoms with E-state index in [1.54, 1.807) is 13.3 Å². The van der Waals surface area contributed by atoms with Crippen LogP contribution in [0.1, 0.15) is 16.8 Å². The number of carbonyl (C=O) groups excluding carboxylic acids is 2. The van der Waals surface area contributed by atoms with Crippen LogP contribution >= 0.6 is 0 Å². The van der Waals surface area contributed by atoms with Crippen LogP contribution in [0.3, 0.4) is 0 Å². The molecule has 0 bridgehead atoms. The molecule has 1 N–H and O–H groups in total. The lowest BCUT2D eigenvalue weighted by atomic mass is 10.1. The first-order chi connectivity index (χ1) is 16.7. The molecule has 2 heterocycles. The van der Waals surface area contributed by atoms with Gasteiger partial charge < -0.3 is 19.4 Å². The molecule has 0 saturated carbocycles. The van der Waals surface area contributed by atoms with E-state index in [0.717, 1.165) is 12.0 Å². The second kappa shape index (κ2) is 11.6. The molecule has 1 fully saturated rings. The van der Waals surface area contributed by atoms with Gasteiger partial charge in [0.15, 0.2) is 5.76 Å². The predicted octanol–water partition coefficient (Wildman–Crippen LogP) is 2.92. The van der Waals surface area contributed by atoms with Gasteiger partial charge >= 0.3 is 0 Å². The molecule has 4 rings (SSSR count). The third-order valence-electron chi connectivity index (χ3n) is 5.83. The summed E-state index contributed by atoms with van der Waals surface area (Å²) >= 11 is 0. The maximum absolute atomic E-state index is 13.3. The summed E-state index contributed by atoms with van der Waals surface area (Å²) in [5.41, 5.74) is 2.17. The molecule has 1 aliphatic rings. The molecule has 0 atom stereocenters. The van der Waals surface area contributed by atoms with Gasteiger partial charge in [-0.3, -0.25) is 14.5 Å². The van der Waals surface area contributed by atoms with E-state index in [9.17, 15) is 9.59 Å². The third-order valence-corrected chi connectivity index (χ3v) is 5.83. The summed E-state index contributed by atoms with van der Waals surface area (Å²) < 4.78 is 11.0. The summed E-state index contributed by atoms with van der Waals surface area (Å²) in [5.74, 6) is 1.02. The highest BCUT2D eigenvalue weighted by molar-refractivity contribution is 6.00. The number of piperazine rings is 1. The van der Waals surface area contributed by atoms with Gasteiger partial charge in [0.1, 0.15) is 0 Å². The number of ether oxygens (including phenoxy) is 1. The fourth-order valence-corrected chi connectivity index (χ4v) is 3.97. The molecule has 1 aromatic heterocycles. The molecule has 0 spiro atoms. The first kappa shape index (κ1) is 23.7. The summed E-state index contributed by atoms with van der Waals surface area (Å²) in [6.45, 7) is 3.99. The lowest BCUT2D eigenvalue weighted by molar-refractivity contribution is -0.122. The van der Waals surface area contributed by atoms with Crippen molar-refractivity contribution in [2.24, 2.45) is 0 Å². The number of benzene rings is 2. The summed E-state index contributed by atoms with van der Waals surface area (Å²) in [7, 11) is 1.65. The number of amides is 2. The van der Waals surface area contributed by atoms with E-state index in [2.05, 4.69) is 15.2 Å². The second-order valence-corrected chi connectivity index (χ2v) is 8.21. The van der Waals surface area contributed by atoms with Crippen molar-refractivity contribution in [3.8, 4) is 22.8 Å². The Labute approximate surface area is 199 Å². The maximum atomic E-state index is 13.3. The number of hydrogen-bond donors (Lipinski definition) is 1. The monoisotopic (exact) mass is 462 g/mol. The number of carbonyl (C=O) groups is 2. The Morgan fingerprint density at radius 3 is 2.53 bits per heavy atom. The first-order valence-corrected chi connectivity index (χ1v) is 11.5. The Hall–Kier alpha value is -3.49. The minimum absolute atomic E-state index is 0.000612. The van der Waals surface area contributed by atoms with Crippen LogP contribution in [0.4, 0.5) is 0 Å². The summed E-state index contributed by atoms with van der Waals surface area (Å²) in [6, 6.07) is 17.1. The number of rotatable bonds is 9. The lowest BCUT2D eigenvalue weighted by Gasteiger charge is -2.34. The van der Waals surface area contributed by atoms with E-state index in [-0.39, 0.29) is 11.8 Å². The van der Waals surface area contributed by atoms with E-state index in [1.807, 2.05) is 59.5 Å². The molecule has 178 valence electrons. The fourth-order valence-electron chi connectivity index (χ4n) is 3.97. The molecule has 1 aliphatic heterocycles. The van der Waals surface area contributed by atoms with E-state index < -0.39 is 0 Å². The van der Waals surface area contributed by atoms with Crippen LogP contribution in [-0.4, -0.2) is 79.6 Å². The Bertz CT molecular complexity index is 1090. The number of hydrogen-bond acceptors (Lipinski definition) is 6. The van der Waals surface area contributed by atoms with Crippen molar-refractivity contribution >= 4 is 11.8 Å². The van der Waals surface area contributed by atoms with Crippen molar-refractivity contribution in [3.05, 3.63) is 66.4 Å². The zero-order valence-electron chi connectivity index (χ0n) is 19.4. The van der Waals surface area contributed by atoms with Crippen LogP contribution in [0.25, 0.3) is 22.8 Å². The minimum Gasteiger partial charge on any atom is -0.436 e. The summed E-state index contributed by atoms with van der Waals surface area (Å²) in [5, 5.41) is 2.91. The molecule has 1 saturated heterocycles. The molecule has 3 aromatic rings. The van der Waals surface area contributed by atoms with Gasteiger partial charge in [0.25, 0.3) is 5.91 Å².